The Kier molecular flexibility index (Phi) is 12.7. The zero-order valence-electron chi connectivity index (χ0n) is 16.2. The minimum atomic E-state index is -1.30. The molecule has 0 heterocycles. The van der Waals surface area contributed by atoms with E-state index < -0.39 is 21.4 Å². The first-order valence-electron chi connectivity index (χ1n) is 9.23. The van der Waals surface area contributed by atoms with Crippen LogP contribution >= 0.6 is 0 Å². The van der Waals surface area contributed by atoms with Crippen molar-refractivity contribution in [2.24, 2.45) is 0 Å². The van der Waals surface area contributed by atoms with E-state index in [9.17, 15) is 0 Å². The van der Waals surface area contributed by atoms with Gasteiger partial charge in [0.25, 0.3) is 0 Å². The van der Waals surface area contributed by atoms with Gasteiger partial charge in [0, 0.05) is 0 Å². The second-order valence-corrected chi connectivity index (χ2v) is 19.0. The molecule has 21 heavy (non-hydrogen) atoms. The summed E-state index contributed by atoms with van der Waals surface area (Å²) in [6.07, 6.45) is 2.89. The van der Waals surface area contributed by atoms with Gasteiger partial charge in [-0.1, -0.05) is 0 Å². The molecule has 0 bridgehead atoms. The van der Waals surface area contributed by atoms with Crippen molar-refractivity contribution in [2.45, 2.75) is 85.4 Å². The Balaban J connectivity index is 4.03. The maximum absolute atomic E-state index is 2.62. The van der Waals surface area contributed by atoms with Crippen molar-refractivity contribution >= 4 is 21.4 Å². The summed E-state index contributed by atoms with van der Waals surface area (Å²) in [5.41, 5.74) is 0. The zero-order valence-corrected chi connectivity index (χ0v) is 19.4. The molecule has 0 aromatic heterocycles. The van der Waals surface area contributed by atoms with Crippen LogP contribution in [0.4, 0.5) is 0 Å². The molecule has 0 amide bonds. The maximum atomic E-state index is 2.62. The number of rotatable bonds is 12. The fraction of sp³-hybridized carbons (Fsp3) is 1.00. The van der Waals surface area contributed by atoms with Gasteiger partial charge in [-0.25, -0.2) is 0 Å². The van der Waals surface area contributed by atoms with E-state index in [1.807, 2.05) is 0 Å². The van der Waals surface area contributed by atoms with Crippen LogP contribution in [0, 0.1) is 0 Å². The van der Waals surface area contributed by atoms with Gasteiger partial charge in [-0.15, -0.1) is 0 Å². The molecule has 0 fully saturated rings. The van der Waals surface area contributed by atoms with Gasteiger partial charge < -0.3 is 0 Å². The number of nitrogens with zero attached hydrogens (tertiary/aromatic N) is 2. The first-order valence-corrected chi connectivity index (χ1v) is 15.8. The molecule has 0 spiro atoms. The summed E-state index contributed by atoms with van der Waals surface area (Å²) >= 11 is -1.30. The molecular weight excluding hydrogens is 359 g/mol. The van der Waals surface area contributed by atoms with Crippen molar-refractivity contribution in [1.29, 1.82) is 0 Å². The van der Waals surface area contributed by atoms with Crippen LogP contribution in [0.25, 0.3) is 0 Å². The molecule has 2 nitrogen and oxygen atoms in total. The van der Waals surface area contributed by atoms with Crippen LogP contribution in [-0.2, 0) is 0 Å². The van der Waals surface area contributed by atoms with Crippen LogP contribution in [0.2, 0.25) is 12.0 Å². The Hall–Kier alpha value is 0.790. The quantitative estimate of drug-likeness (QED) is 0.467. The second-order valence-electron chi connectivity index (χ2n) is 7.59. The average molecular weight is 400 g/mol. The van der Waals surface area contributed by atoms with Gasteiger partial charge in [0.15, 0.2) is 0 Å². The van der Waals surface area contributed by atoms with Gasteiger partial charge in [0.05, 0.1) is 0 Å². The summed E-state index contributed by atoms with van der Waals surface area (Å²) < 4.78 is 4.24. The molecule has 0 radical (unpaired) electrons. The molecular formula is C18H41InN2. The SMILES string of the molecule is CCN(CC[CH2][In]([CH2]CCN(C)C(C)C)[CH](C)C)C(C)C. The standard InChI is InChI=1S/C8H18N.C7H16N.C3H7.In/c1-5-7-9(6-2)8(3)4;1-5-6-8(4)7(2)3;1-3-2;/h8H,1,5-7H2,2-4H3;7H,1,5-6H2,2-4H3;3H,1-2H3;. The topological polar surface area (TPSA) is 6.48 Å². The summed E-state index contributed by atoms with van der Waals surface area (Å²) in [6.45, 7) is 20.4. The molecule has 0 aliphatic carbocycles. The summed E-state index contributed by atoms with van der Waals surface area (Å²) in [7, 11) is 2.27. The Morgan fingerprint density at radius 1 is 0.810 bits per heavy atom. The van der Waals surface area contributed by atoms with Gasteiger partial charge in [-0.2, -0.15) is 0 Å². The van der Waals surface area contributed by atoms with Crippen molar-refractivity contribution < 1.29 is 0 Å². The van der Waals surface area contributed by atoms with Gasteiger partial charge in [-0.3, -0.25) is 0 Å². The molecule has 0 rings (SSSR count). The van der Waals surface area contributed by atoms with Crippen LogP contribution in [0.3, 0.4) is 0 Å². The van der Waals surface area contributed by atoms with Gasteiger partial charge >= 0.3 is 143 Å². The average Bonchev–Trinajstić information content (AvgIpc) is 2.40. The van der Waals surface area contributed by atoms with Crippen LogP contribution in [-0.4, -0.2) is 70.0 Å². The molecule has 0 unspecified atom stereocenters. The van der Waals surface area contributed by atoms with E-state index in [-0.39, 0.29) is 0 Å². The summed E-state index contributed by atoms with van der Waals surface area (Å²) in [6, 6.07) is 1.41. The van der Waals surface area contributed by atoms with Gasteiger partial charge in [0.1, 0.15) is 0 Å². The normalized spacial score (nSPS) is 12.4. The molecule has 0 saturated carbocycles. The van der Waals surface area contributed by atoms with Crippen LogP contribution in [0.5, 0.6) is 0 Å². The Bertz CT molecular complexity index is 241. The van der Waals surface area contributed by atoms with Crippen molar-refractivity contribution in [2.75, 3.05) is 26.7 Å². The Labute approximate surface area is 143 Å². The van der Waals surface area contributed by atoms with Crippen molar-refractivity contribution in [3.8, 4) is 0 Å². The molecule has 0 aromatic rings. The first kappa shape index (κ1) is 21.8. The molecule has 3 heteroatoms. The van der Waals surface area contributed by atoms with Crippen LogP contribution < -0.4 is 0 Å². The molecule has 126 valence electrons. The minimum absolute atomic E-state index is 0.696. The fourth-order valence-corrected chi connectivity index (χ4v) is 11.7. The van der Waals surface area contributed by atoms with Crippen molar-refractivity contribution in [1.82, 2.24) is 9.80 Å². The van der Waals surface area contributed by atoms with Crippen molar-refractivity contribution in [3.63, 3.8) is 0 Å². The van der Waals surface area contributed by atoms with Gasteiger partial charge in [-0.05, 0) is 0 Å². The number of hydrogen-bond acceptors (Lipinski definition) is 2. The molecule has 0 atom stereocenters. The monoisotopic (exact) mass is 400 g/mol. The van der Waals surface area contributed by atoms with E-state index in [1.165, 1.54) is 32.5 Å². The predicted molar refractivity (Wildman–Crippen MR) is 99.8 cm³/mol. The fourth-order valence-electron chi connectivity index (χ4n) is 3.01. The van der Waals surface area contributed by atoms with E-state index in [2.05, 4.69) is 65.3 Å². The second kappa shape index (κ2) is 12.2. The summed E-state index contributed by atoms with van der Waals surface area (Å²) in [5, 5.41) is 0. The van der Waals surface area contributed by atoms with E-state index in [1.54, 1.807) is 8.35 Å². The first-order chi connectivity index (χ1) is 9.79. The summed E-state index contributed by atoms with van der Waals surface area (Å²) in [4.78, 5) is 5.12. The number of hydrogen-bond donors (Lipinski definition) is 0. The third kappa shape index (κ3) is 10.2. The van der Waals surface area contributed by atoms with Crippen LogP contribution in [0.15, 0.2) is 0 Å². The van der Waals surface area contributed by atoms with E-state index in [0.717, 1.165) is 3.67 Å². The Morgan fingerprint density at radius 3 is 1.71 bits per heavy atom. The third-order valence-electron chi connectivity index (χ3n) is 5.07. The molecule has 0 saturated heterocycles. The molecule has 0 N–H and O–H groups in total. The Morgan fingerprint density at radius 2 is 1.33 bits per heavy atom. The summed E-state index contributed by atoms with van der Waals surface area (Å²) in [5.74, 6) is 0. The predicted octanol–water partition coefficient (Wildman–Crippen LogP) is 4.74. The zero-order chi connectivity index (χ0) is 16.4. The van der Waals surface area contributed by atoms with E-state index in [0.29, 0.717) is 12.1 Å². The van der Waals surface area contributed by atoms with Crippen molar-refractivity contribution in [3.05, 3.63) is 0 Å². The molecule has 0 aliphatic heterocycles. The van der Waals surface area contributed by atoms with Crippen LogP contribution in [0.1, 0.15) is 61.3 Å². The van der Waals surface area contributed by atoms with E-state index >= 15 is 0 Å². The van der Waals surface area contributed by atoms with Gasteiger partial charge in [0.2, 0.25) is 0 Å². The molecule has 0 aromatic carbocycles. The third-order valence-corrected chi connectivity index (χ3v) is 17.0. The molecule has 0 aliphatic rings. The van der Waals surface area contributed by atoms with E-state index in [4.69, 9.17) is 0 Å².